The molecular formula is C9H14NO3. The summed E-state index contributed by atoms with van der Waals surface area (Å²) >= 11 is 0. The van der Waals surface area contributed by atoms with E-state index >= 15 is 0 Å². The van der Waals surface area contributed by atoms with Crippen molar-refractivity contribution in [1.29, 1.82) is 0 Å². The van der Waals surface area contributed by atoms with Crippen LogP contribution in [0.15, 0.2) is 0 Å². The van der Waals surface area contributed by atoms with Crippen LogP contribution in [0.3, 0.4) is 0 Å². The molecule has 1 fully saturated rings. The molecule has 73 valence electrons. The van der Waals surface area contributed by atoms with E-state index in [1.165, 1.54) is 0 Å². The third-order valence-electron chi connectivity index (χ3n) is 2.40. The van der Waals surface area contributed by atoms with Gasteiger partial charge in [0.2, 0.25) is 12.2 Å². The van der Waals surface area contributed by atoms with Crippen molar-refractivity contribution in [2.45, 2.75) is 31.7 Å². The average Bonchev–Trinajstić information content (AvgIpc) is 2.19. The van der Waals surface area contributed by atoms with Crippen LogP contribution in [0.1, 0.15) is 25.7 Å². The highest BCUT2D eigenvalue weighted by Gasteiger charge is 2.21. The predicted octanol–water partition coefficient (Wildman–Crippen LogP) is -0.237. The Bertz CT molecular complexity index is 185. The minimum Gasteiger partial charge on any atom is -0.387 e. The molecule has 1 amide bonds. The zero-order valence-corrected chi connectivity index (χ0v) is 7.45. The molecule has 0 unspecified atom stereocenters. The molecular weight excluding hydrogens is 170 g/mol. The molecule has 1 aliphatic rings. The smallest absolute Gasteiger partial charge is 0.245 e. The van der Waals surface area contributed by atoms with Crippen molar-refractivity contribution in [2.24, 2.45) is 5.92 Å². The van der Waals surface area contributed by atoms with Crippen molar-refractivity contribution in [3.05, 3.63) is 0 Å². The summed E-state index contributed by atoms with van der Waals surface area (Å²) in [5.41, 5.74) is 0. The molecule has 0 aliphatic heterocycles. The maximum atomic E-state index is 10.8. The van der Waals surface area contributed by atoms with Gasteiger partial charge in [-0.05, 0) is 25.7 Å². The lowest BCUT2D eigenvalue weighted by Gasteiger charge is -2.25. The van der Waals surface area contributed by atoms with Crippen molar-refractivity contribution >= 4 is 12.2 Å². The van der Waals surface area contributed by atoms with Crippen molar-refractivity contribution < 1.29 is 14.7 Å². The van der Waals surface area contributed by atoms with E-state index in [2.05, 4.69) is 5.32 Å². The van der Waals surface area contributed by atoms with Gasteiger partial charge in [-0.2, -0.15) is 0 Å². The maximum absolute atomic E-state index is 10.8. The third kappa shape index (κ3) is 3.14. The van der Waals surface area contributed by atoms with Crippen molar-refractivity contribution in [3.63, 3.8) is 0 Å². The zero-order valence-electron chi connectivity index (χ0n) is 7.45. The van der Waals surface area contributed by atoms with Crippen LogP contribution in [-0.4, -0.2) is 29.9 Å². The van der Waals surface area contributed by atoms with Gasteiger partial charge >= 0.3 is 0 Å². The standard InChI is InChI=1S/C9H14NO3/c11-5-7-1-3-8(4-2-7)10-9(13)6-12/h7-8,12H,1-4,6H2,(H,10,13). The molecule has 0 aromatic heterocycles. The minimum absolute atomic E-state index is 0.0438. The molecule has 1 aliphatic carbocycles. The van der Waals surface area contributed by atoms with Crippen LogP contribution >= 0.6 is 0 Å². The number of carbonyl (C=O) groups is 1. The molecule has 4 nitrogen and oxygen atoms in total. The number of rotatable bonds is 3. The average molecular weight is 184 g/mol. The zero-order chi connectivity index (χ0) is 9.68. The molecule has 1 radical (unpaired) electrons. The van der Waals surface area contributed by atoms with Gasteiger partial charge in [0.1, 0.15) is 6.61 Å². The van der Waals surface area contributed by atoms with Crippen LogP contribution in [0.25, 0.3) is 0 Å². The Morgan fingerprint density at radius 2 is 2.00 bits per heavy atom. The summed E-state index contributed by atoms with van der Waals surface area (Å²) in [6.07, 6.45) is 5.19. The SMILES string of the molecule is O=[C]C1CCC(NC(=O)CO)CC1. The Morgan fingerprint density at radius 1 is 1.38 bits per heavy atom. The highest BCUT2D eigenvalue weighted by molar-refractivity contribution is 5.77. The monoisotopic (exact) mass is 184 g/mol. The fraction of sp³-hybridized carbons (Fsp3) is 0.778. The Balaban J connectivity index is 2.24. The fourth-order valence-corrected chi connectivity index (χ4v) is 1.63. The quantitative estimate of drug-likeness (QED) is 0.636. The molecule has 0 spiro atoms. The summed E-state index contributed by atoms with van der Waals surface area (Å²) in [5, 5.41) is 11.2. The number of aliphatic hydroxyl groups excluding tert-OH is 1. The molecule has 0 saturated heterocycles. The summed E-state index contributed by atoms with van der Waals surface area (Å²) in [6.45, 7) is -0.459. The number of carbonyl (C=O) groups excluding carboxylic acids is 2. The normalized spacial score (nSPS) is 28.1. The molecule has 2 N–H and O–H groups in total. The van der Waals surface area contributed by atoms with E-state index in [0.717, 1.165) is 25.7 Å². The first-order chi connectivity index (χ1) is 6.26. The van der Waals surface area contributed by atoms with Gasteiger partial charge in [0.05, 0.1) is 0 Å². The van der Waals surface area contributed by atoms with Crippen LogP contribution in [-0.2, 0) is 9.59 Å². The van der Waals surface area contributed by atoms with E-state index in [1.807, 2.05) is 6.29 Å². The molecule has 0 bridgehead atoms. The lowest BCUT2D eigenvalue weighted by atomic mass is 9.87. The fourth-order valence-electron chi connectivity index (χ4n) is 1.63. The van der Waals surface area contributed by atoms with Crippen LogP contribution in [0.4, 0.5) is 0 Å². The molecule has 4 heteroatoms. The second-order valence-corrected chi connectivity index (χ2v) is 3.39. The summed E-state index contributed by atoms with van der Waals surface area (Å²) in [4.78, 5) is 21.1. The second-order valence-electron chi connectivity index (χ2n) is 3.39. The highest BCUT2D eigenvalue weighted by Crippen LogP contribution is 2.22. The third-order valence-corrected chi connectivity index (χ3v) is 2.40. The predicted molar refractivity (Wildman–Crippen MR) is 46.7 cm³/mol. The van der Waals surface area contributed by atoms with Crippen LogP contribution in [0.2, 0.25) is 0 Å². The van der Waals surface area contributed by atoms with Gasteiger partial charge in [-0.3, -0.25) is 9.59 Å². The van der Waals surface area contributed by atoms with Gasteiger partial charge in [-0.15, -0.1) is 0 Å². The lowest BCUT2D eigenvalue weighted by Crippen LogP contribution is -2.39. The summed E-state index contributed by atoms with van der Waals surface area (Å²) < 4.78 is 0. The van der Waals surface area contributed by atoms with E-state index in [9.17, 15) is 9.59 Å². The van der Waals surface area contributed by atoms with E-state index < -0.39 is 6.61 Å². The highest BCUT2D eigenvalue weighted by atomic mass is 16.3. The Labute approximate surface area is 77.3 Å². The largest absolute Gasteiger partial charge is 0.387 e. The molecule has 13 heavy (non-hydrogen) atoms. The summed E-state index contributed by atoms with van der Waals surface area (Å²) in [7, 11) is 0. The van der Waals surface area contributed by atoms with Crippen LogP contribution < -0.4 is 5.32 Å². The van der Waals surface area contributed by atoms with E-state index in [1.54, 1.807) is 0 Å². The van der Waals surface area contributed by atoms with Crippen molar-refractivity contribution in [1.82, 2.24) is 5.32 Å². The molecule has 1 saturated carbocycles. The molecule has 0 aromatic carbocycles. The van der Waals surface area contributed by atoms with Crippen LogP contribution in [0, 0.1) is 5.92 Å². The topological polar surface area (TPSA) is 66.4 Å². The number of hydrogen-bond acceptors (Lipinski definition) is 3. The second kappa shape index (κ2) is 4.97. The van der Waals surface area contributed by atoms with Crippen molar-refractivity contribution in [3.8, 4) is 0 Å². The molecule has 0 aromatic rings. The van der Waals surface area contributed by atoms with E-state index in [4.69, 9.17) is 5.11 Å². The number of amides is 1. The maximum Gasteiger partial charge on any atom is 0.245 e. The first kappa shape index (κ1) is 10.2. The summed E-state index contributed by atoms with van der Waals surface area (Å²) in [6, 6.07) is 0.129. The number of hydrogen-bond donors (Lipinski definition) is 2. The molecule has 1 rings (SSSR count). The van der Waals surface area contributed by atoms with Gasteiger partial charge in [-0.25, -0.2) is 0 Å². The number of nitrogens with one attached hydrogen (secondary N) is 1. The Kier molecular flexibility index (Phi) is 3.89. The molecule has 0 heterocycles. The van der Waals surface area contributed by atoms with Gasteiger partial charge < -0.3 is 10.4 Å². The van der Waals surface area contributed by atoms with Crippen LogP contribution in [0.5, 0.6) is 0 Å². The van der Waals surface area contributed by atoms with E-state index in [-0.39, 0.29) is 17.9 Å². The Hall–Kier alpha value is -0.900. The van der Waals surface area contributed by atoms with Gasteiger partial charge in [0, 0.05) is 12.0 Å². The Morgan fingerprint density at radius 3 is 2.46 bits per heavy atom. The van der Waals surface area contributed by atoms with Gasteiger partial charge in [0.25, 0.3) is 0 Å². The van der Waals surface area contributed by atoms with Gasteiger partial charge in [-0.1, -0.05) is 0 Å². The van der Waals surface area contributed by atoms with Gasteiger partial charge in [0.15, 0.2) is 0 Å². The lowest BCUT2D eigenvalue weighted by molar-refractivity contribution is -0.124. The molecule has 0 atom stereocenters. The summed E-state index contributed by atoms with van der Waals surface area (Å²) in [5.74, 6) is -0.291. The first-order valence-corrected chi connectivity index (χ1v) is 4.54. The van der Waals surface area contributed by atoms with Crippen molar-refractivity contribution in [2.75, 3.05) is 6.61 Å². The minimum atomic E-state index is -0.459. The first-order valence-electron chi connectivity index (χ1n) is 4.54. The van der Waals surface area contributed by atoms with E-state index in [0.29, 0.717) is 0 Å². The number of aliphatic hydroxyl groups is 1.